The Balaban J connectivity index is 0.994. The summed E-state index contributed by atoms with van der Waals surface area (Å²) in [5.41, 5.74) is 18.5. The molecule has 0 fully saturated rings. The minimum absolute atomic E-state index is 1.08. The van der Waals surface area contributed by atoms with Crippen molar-refractivity contribution in [3.8, 4) is 61.3 Å². The van der Waals surface area contributed by atoms with E-state index in [9.17, 15) is 0 Å². The van der Waals surface area contributed by atoms with Crippen molar-refractivity contribution in [1.29, 1.82) is 0 Å². The average molecular weight is 841 g/mol. The first-order chi connectivity index (χ1) is 32.7. The maximum atomic E-state index is 2.43. The van der Waals surface area contributed by atoms with Crippen LogP contribution in [0.4, 0.5) is 17.1 Å². The van der Waals surface area contributed by atoms with Crippen molar-refractivity contribution < 1.29 is 0 Å². The molecule has 0 bridgehead atoms. The lowest BCUT2D eigenvalue weighted by Gasteiger charge is -2.29. The minimum atomic E-state index is 1.08. The second kappa shape index (κ2) is 16.8. The van der Waals surface area contributed by atoms with Crippen LogP contribution >= 0.6 is 0 Å². The predicted octanol–water partition coefficient (Wildman–Crippen LogP) is 17.7. The van der Waals surface area contributed by atoms with Gasteiger partial charge in [0.15, 0.2) is 0 Å². The Bertz CT molecular complexity index is 3630. The molecule has 11 aromatic carbocycles. The van der Waals surface area contributed by atoms with Crippen LogP contribution in [0.25, 0.3) is 93.9 Å². The molecule has 0 aliphatic rings. The van der Waals surface area contributed by atoms with Crippen molar-refractivity contribution in [3.05, 3.63) is 267 Å². The van der Waals surface area contributed by atoms with Crippen molar-refractivity contribution in [3.63, 3.8) is 0 Å². The molecule has 0 aliphatic heterocycles. The van der Waals surface area contributed by atoms with Gasteiger partial charge in [-0.1, -0.05) is 200 Å². The van der Waals surface area contributed by atoms with Gasteiger partial charge in [-0.15, -0.1) is 0 Å². The maximum absolute atomic E-state index is 2.43. The highest BCUT2D eigenvalue weighted by Crippen LogP contribution is 2.45. The van der Waals surface area contributed by atoms with Crippen LogP contribution in [0.15, 0.2) is 267 Å². The molecule has 1 heterocycles. The number of nitrogens with zero attached hydrogens (tertiary/aromatic N) is 2. The van der Waals surface area contributed by atoms with E-state index in [1.165, 1.54) is 71.5 Å². The Hall–Kier alpha value is -8.72. The highest BCUT2D eigenvalue weighted by atomic mass is 15.1. The first kappa shape index (κ1) is 38.9. The van der Waals surface area contributed by atoms with E-state index in [0.717, 1.165) is 39.4 Å². The molecule has 1 aromatic heterocycles. The number of rotatable bonds is 9. The molecule has 66 heavy (non-hydrogen) atoms. The van der Waals surface area contributed by atoms with Gasteiger partial charge in [-0.3, -0.25) is 0 Å². The van der Waals surface area contributed by atoms with E-state index < -0.39 is 0 Å². The fourth-order valence-electron chi connectivity index (χ4n) is 9.75. The standard InChI is InChI=1S/C64H44N2/c1-3-16-45(17-4-1)47-32-37-55(38-33-47)65(56-39-34-48(35-40-56)51-22-15-23-52(42-51)53-31-30-46-18-7-8-21-50(46)43-53)64-41-36-54(44-60(64)49-19-5-2-6-20-49)57-24-9-12-27-61(57)66-62-28-13-10-25-58(62)59-26-11-14-29-63(59)66/h1-44H. The van der Waals surface area contributed by atoms with Crippen LogP contribution in [0, 0.1) is 0 Å². The first-order valence-corrected chi connectivity index (χ1v) is 22.7. The van der Waals surface area contributed by atoms with Crippen molar-refractivity contribution >= 4 is 49.6 Å². The molecule has 0 spiro atoms. The Labute approximate surface area is 385 Å². The number of benzene rings is 11. The highest BCUT2D eigenvalue weighted by Gasteiger charge is 2.21. The molecule has 0 aliphatic carbocycles. The summed E-state index contributed by atoms with van der Waals surface area (Å²) in [6, 6.07) is 96.9. The first-order valence-electron chi connectivity index (χ1n) is 22.7. The van der Waals surface area contributed by atoms with E-state index in [1.807, 2.05) is 0 Å². The summed E-state index contributed by atoms with van der Waals surface area (Å²) in [6.07, 6.45) is 0. The number of para-hydroxylation sites is 3. The Morgan fingerprint density at radius 3 is 1.41 bits per heavy atom. The number of hydrogen-bond acceptors (Lipinski definition) is 1. The Morgan fingerprint density at radius 1 is 0.258 bits per heavy atom. The van der Waals surface area contributed by atoms with Gasteiger partial charge in [-0.25, -0.2) is 0 Å². The maximum Gasteiger partial charge on any atom is 0.0541 e. The largest absolute Gasteiger partial charge is 0.310 e. The molecule has 2 heteroatoms. The lowest BCUT2D eigenvalue weighted by molar-refractivity contribution is 1.18. The zero-order valence-electron chi connectivity index (χ0n) is 36.3. The molecule has 0 saturated carbocycles. The van der Waals surface area contributed by atoms with E-state index >= 15 is 0 Å². The topological polar surface area (TPSA) is 8.17 Å². The van der Waals surface area contributed by atoms with Crippen LogP contribution in [-0.4, -0.2) is 4.57 Å². The summed E-state index contributed by atoms with van der Waals surface area (Å²) in [5, 5.41) is 5.00. The summed E-state index contributed by atoms with van der Waals surface area (Å²) in [7, 11) is 0. The van der Waals surface area contributed by atoms with Gasteiger partial charge in [0.2, 0.25) is 0 Å². The molecule has 0 amide bonds. The Morgan fingerprint density at radius 2 is 0.727 bits per heavy atom. The molecule has 0 saturated heterocycles. The van der Waals surface area contributed by atoms with Gasteiger partial charge in [-0.05, 0) is 122 Å². The van der Waals surface area contributed by atoms with E-state index in [-0.39, 0.29) is 0 Å². The molecule has 310 valence electrons. The third-order valence-electron chi connectivity index (χ3n) is 13.0. The van der Waals surface area contributed by atoms with Gasteiger partial charge in [-0.2, -0.15) is 0 Å². The van der Waals surface area contributed by atoms with Gasteiger partial charge in [0.1, 0.15) is 0 Å². The normalized spacial score (nSPS) is 11.3. The molecule has 12 rings (SSSR count). The molecule has 0 atom stereocenters. The average Bonchev–Trinajstić information content (AvgIpc) is 3.74. The number of aromatic nitrogens is 1. The predicted molar refractivity (Wildman–Crippen MR) is 280 cm³/mol. The zero-order chi connectivity index (χ0) is 43.8. The Kier molecular flexibility index (Phi) is 9.89. The summed E-state index contributed by atoms with van der Waals surface area (Å²) < 4.78 is 2.43. The molecule has 0 unspecified atom stereocenters. The summed E-state index contributed by atoms with van der Waals surface area (Å²) in [5.74, 6) is 0. The van der Waals surface area contributed by atoms with Gasteiger partial charge >= 0.3 is 0 Å². The number of fused-ring (bicyclic) bond motifs is 4. The summed E-state index contributed by atoms with van der Waals surface area (Å²) >= 11 is 0. The van der Waals surface area contributed by atoms with Gasteiger partial charge < -0.3 is 9.47 Å². The van der Waals surface area contributed by atoms with E-state index in [0.29, 0.717) is 0 Å². The van der Waals surface area contributed by atoms with Crippen LogP contribution < -0.4 is 4.90 Å². The third kappa shape index (κ3) is 7.12. The lowest BCUT2D eigenvalue weighted by Crippen LogP contribution is -2.11. The van der Waals surface area contributed by atoms with Crippen LogP contribution in [0.2, 0.25) is 0 Å². The van der Waals surface area contributed by atoms with Crippen molar-refractivity contribution in [1.82, 2.24) is 4.57 Å². The smallest absolute Gasteiger partial charge is 0.0541 e. The second-order valence-corrected chi connectivity index (χ2v) is 16.9. The minimum Gasteiger partial charge on any atom is -0.310 e. The fraction of sp³-hybridized carbons (Fsp3) is 0. The van der Waals surface area contributed by atoms with E-state index in [4.69, 9.17) is 0 Å². The number of anilines is 3. The van der Waals surface area contributed by atoms with Crippen molar-refractivity contribution in [2.45, 2.75) is 0 Å². The number of hydrogen-bond donors (Lipinski definition) is 0. The van der Waals surface area contributed by atoms with Crippen molar-refractivity contribution in [2.75, 3.05) is 4.90 Å². The quantitative estimate of drug-likeness (QED) is 0.141. The van der Waals surface area contributed by atoms with Gasteiger partial charge in [0.25, 0.3) is 0 Å². The fourth-order valence-corrected chi connectivity index (χ4v) is 9.75. The van der Waals surface area contributed by atoms with Crippen molar-refractivity contribution in [2.24, 2.45) is 0 Å². The molecule has 12 aromatic rings. The van der Waals surface area contributed by atoms with Crippen LogP contribution in [0.5, 0.6) is 0 Å². The third-order valence-corrected chi connectivity index (χ3v) is 13.0. The summed E-state index contributed by atoms with van der Waals surface area (Å²) in [6.45, 7) is 0. The molecule has 0 N–H and O–H groups in total. The van der Waals surface area contributed by atoms with Gasteiger partial charge in [0, 0.05) is 33.3 Å². The molecular formula is C64H44N2. The van der Waals surface area contributed by atoms with E-state index in [2.05, 4.69) is 276 Å². The van der Waals surface area contributed by atoms with Gasteiger partial charge in [0.05, 0.1) is 22.4 Å². The second-order valence-electron chi connectivity index (χ2n) is 16.9. The molecule has 0 radical (unpaired) electrons. The summed E-state index contributed by atoms with van der Waals surface area (Å²) in [4.78, 5) is 2.41. The van der Waals surface area contributed by atoms with Crippen LogP contribution in [-0.2, 0) is 0 Å². The monoisotopic (exact) mass is 840 g/mol. The molecular weight excluding hydrogens is 797 g/mol. The zero-order valence-corrected chi connectivity index (χ0v) is 36.3. The highest BCUT2D eigenvalue weighted by molar-refractivity contribution is 6.10. The lowest BCUT2D eigenvalue weighted by atomic mass is 9.95. The van der Waals surface area contributed by atoms with Crippen LogP contribution in [0.3, 0.4) is 0 Å². The van der Waals surface area contributed by atoms with E-state index in [1.54, 1.807) is 0 Å². The SMILES string of the molecule is c1ccc(-c2ccc(N(c3ccc(-c4cccc(-c5ccc6ccccc6c5)c4)cc3)c3ccc(-c4ccccc4-n4c5ccccc5c5ccccc54)cc3-c3ccccc3)cc2)cc1. The van der Waals surface area contributed by atoms with Crippen LogP contribution in [0.1, 0.15) is 0 Å². The molecule has 2 nitrogen and oxygen atoms in total.